The van der Waals surface area contributed by atoms with Crippen LogP contribution >= 0.6 is 0 Å². The Morgan fingerprint density at radius 1 is 1.16 bits per heavy atom. The highest BCUT2D eigenvalue weighted by Crippen LogP contribution is 2.15. The third-order valence-corrected chi connectivity index (χ3v) is 4.97. The van der Waals surface area contributed by atoms with E-state index in [1.165, 1.54) is 0 Å². The number of rotatable bonds is 7. The lowest BCUT2D eigenvalue weighted by Gasteiger charge is -2.14. The van der Waals surface area contributed by atoms with Crippen molar-refractivity contribution >= 4 is 10.0 Å². The maximum absolute atomic E-state index is 12.2. The summed E-state index contributed by atoms with van der Waals surface area (Å²) in [6, 6.07) is 5.24. The Labute approximate surface area is 117 Å². The predicted molar refractivity (Wildman–Crippen MR) is 79.8 cm³/mol. The number of nitrogens with one attached hydrogen (secondary N) is 1. The number of benzene rings is 1. The third-order valence-electron chi connectivity index (χ3n) is 3.39. The second-order valence-corrected chi connectivity index (χ2v) is 6.98. The van der Waals surface area contributed by atoms with Gasteiger partial charge in [-0.1, -0.05) is 32.3 Å². The van der Waals surface area contributed by atoms with Gasteiger partial charge in [0.15, 0.2) is 0 Å². The summed E-state index contributed by atoms with van der Waals surface area (Å²) in [5.41, 5.74) is 2.11. The molecule has 19 heavy (non-hydrogen) atoms. The lowest BCUT2D eigenvalue weighted by Crippen LogP contribution is -2.32. The fourth-order valence-electron chi connectivity index (χ4n) is 1.97. The van der Waals surface area contributed by atoms with E-state index in [1.54, 1.807) is 12.1 Å². The molecule has 0 aliphatic carbocycles. The summed E-state index contributed by atoms with van der Waals surface area (Å²) < 4.78 is 27.2. The second kappa shape index (κ2) is 7.06. The Bertz CT molecular complexity index is 509. The van der Waals surface area contributed by atoms with Crippen molar-refractivity contribution in [1.82, 2.24) is 4.72 Å². The highest BCUT2D eigenvalue weighted by molar-refractivity contribution is 7.89. The third kappa shape index (κ3) is 4.96. The molecule has 1 N–H and O–H groups in total. The molecule has 0 amide bonds. The molecular weight excluding hydrogens is 258 g/mol. The molecule has 1 aromatic carbocycles. The smallest absolute Gasteiger partial charge is 0.208 e. The van der Waals surface area contributed by atoms with Crippen LogP contribution in [0.3, 0.4) is 0 Å². The molecule has 1 unspecified atom stereocenters. The lowest BCUT2D eigenvalue weighted by molar-refractivity contribution is 0.527. The molecule has 0 aliphatic heterocycles. The van der Waals surface area contributed by atoms with Gasteiger partial charge in [0, 0.05) is 6.04 Å². The van der Waals surface area contributed by atoms with E-state index >= 15 is 0 Å². The molecule has 3 nitrogen and oxygen atoms in total. The molecule has 0 aromatic heterocycles. The number of unbranched alkanes of at least 4 members (excludes halogenated alkanes) is 2. The van der Waals surface area contributed by atoms with Gasteiger partial charge in [0.2, 0.25) is 10.0 Å². The largest absolute Gasteiger partial charge is 0.240 e. The van der Waals surface area contributed by atoms with Crippen LogP contribution in [-0.2, 0) is 10.0 Å². The van der Waals surface area contributed by atoms with Gasteiger partial charge < -0.3 is 0 Å². The highest BCUT2D eigenvalue weighted by atomic mass is 32.2. The summed E-state index contributed by atoms with van der Waals surface area (Å²) in [6.45, 7) is 7.98. The number of hydrogen-bond donors (Lipinski definition) is 1. The van der Waals surface area contributed by atoms with Crippen LogP contribution in [0.15, 0.2) is 23.1 Å². The van der Waals surface area contributed by atoms with E-state index in [4.69, 9.17) is 0 Å². The Morgan fingerprint density at radius 3 is 2.42 bits per heavy atom. The van der Waals surface area contributed by atoms with Gasteiger partial charge in [0.05, 0.1) is 4.90 Å². The molecule has 0 radical (unpaired) electrons. The Kier molecular flexibility index (Phi) is 6.01. The molecule has 0 aliphatic rings. The Balaban J connectivity index is 2.72. The van der Waals surface area contributed by atoms with E-state index in [2.05, 4.69) is 11.6 Å². The van der Waals surface area contributed by atoms with Crippen molar-refractivity contribution in [2.45, 2.75) is 64.3 Å². The highest BCUT2D eigenvalue weighted by Gasteiger charge is 2.17. The zero-order valence-electron chi connectivity index (χ0n) is 12.4. The van der Waals surface area contributed by atoms with E-state index in [0.29, 0.717) is 4.90 Å². The molecular formula is C15H25NO2S. The summed E-state index contributed by atoms with van der Waals surface area (Å²) in [5.74, 6) is 0. The molecule has 108 valence electrons. The van der Waals surface area contributed by atoms with Crippen molar-refractivity contribution in [1.29, 1.82) is 0 Å². The van der Waals surface area contributed by atoms with Crippen LogP contribution in [-0.4, -0.2) is 14.5 Å². The van der Waals surface area contributed by atoms with Gasteiger partial charge in [-0.15, -0.1) is 0 Å². The van der Waals surface area contributed by atoms with Gasteiger partial charge in [-0.05, 0) is 50.5 Å². The average molecular weight is 283 g/mol. The molecule has 0 heterocycles. The second-order valence-electron chi connectivity index (χ2n) is 5.26. The van der Waals surface area contributed by atoms with Crippen molar-refractivity contribution in [3.8, 4) is 0 Å². The fraction of sp³-hybridized carbons (Fsp3) is 0.600. The quantitative estimate of drug-likeness (QED) is 0.778. The molecule has 1 rings (SSSR count). The molecule has 1 atom stereocenters. The molecule has 0 fully saturated rings. The molecule has 4 heteroatoms. The normalized spacial score (nSPS) is 13.5. The van der Waals surface area contributed by atoms with Gasteiger partial charge in [-0.3, -0.25) is 0 Å². The number of sulfonamides is 1. The molecule has 0 saturated carbocycles. The Hall–Kier alpha value is -0.870. The first kappa shape index (κ1) is 16.2. The first-order valence-corrected chi connectivity index (χ1v) is 8.44. The van der Waals surface area contributed by atoms with Crippen molar-refractivity contribution < 1.29 is 8.42 Å². The van der Waals surface area contributed by atoms with Crippen LogP contribution in [0.4, 0.5) is 0 Å². The van der Waals surface area contributed by atoms with Crippen LogP contribution in [0, 0.1) is 13.8 Å². The average Bonchev–Trinajstić information content (AvgIpc) is 2.32. The van der Waals surface area contributed by atoms with E-state index in [-0.39, 0.29) is 6.04 Å². The van der Waals surface area contributed by atoms with Gasteiger partial charge in [-0.25, -0.2) is 13.1 Å². The van der Waals surface area contributed by atoms with Crippen LogP contribution < -0.4 is 4.72 Å². The number of hydrogen-bond acceptors (Lipinski definition) is 2. The first-order valence-electron chi connectivity index (χ1n) is 6.96. The summed E-state index contributed by atoms with van der Waals surface area (Å²) in [6.07, 6.45) is 4.25. The fourth-order valence-corrected chi connectivity index (χ4v) is 3.34. The minimum absolute atomic E-state index is 0.0156. The van der Waals surface area contributed by atoms with Crippen LogP contribution in [0.1, 0.15) is 50.7 Å². The van der Waals surface area contributed by atoms with Gasteiger partial charge in [0.25, 0.3) is 0 Å². The molecule has 0 saturated heterocycles. The summed E-state index contributed by atoms with van der Waals surface area (Å²) in [4.78, 5) is 0.359. The van der Waals surface area contributed by atoms with E-state index in [0.717, 1.165) is 36.8 Å². The standard InChI is InChI=1S/C15H25NO2S/c1-5-6-7-8-14(4)16-19(17,18)15-10-9-12(2)13(3)11-15/h9-11,14,16H,5-8H2,1-4H3. The van der Waals surface area contributed by atoms with Crippen molar-refractivity contribution in [3.05, 3.63) is 29.3 Å². The first-order chi connectivity index (χ1) is 8.86. The SMILES string of the molecule is CCCCCC(C)NS(=O)(=O)c1ccc(C)c(C)c1. The van der Waals surface area contributed by atoms with Crippen LogP contribution in [0.5, 0.6) is 0 Å². The van der Waals surface area contributed by atoms with Gasteiger partial charge in [-0.2, -0.15) is 0 Å². The Morgan fingerprint density at radius 2 is 1.84 bits per heavy atom. The maximum atomic E-state index is 12.2. The molecule has 1 aromatic rings. The predicted octanol–water partition coefficient (Wildman–Crippen LogP) is 3.55. The van der Waals surface area contributed by atoms with Gasteiger partial charge in [0.1, 0.15) is 0 Å². The van der Waals surface area contributed by atoms with Gasteiger partial charge >= 0.3 is 0 Å². The monoisotopic (exact) mass is 283 g/mol. The zero-order chi connectivity index (χ0) is 14.5. The summed E-state index contributed by atoms with van der Waals surface area (Å²) >= 11 is 0. The van der Waals surface area contributed by atoms with E-state index in [1.807, 2.05) is 26.8 Å². The van der Waals surface area contributed by atoms with Crippen LogP contribution in [0.25, 0.3) is 0 Å². The minimum Gasteiger partial charge on any atom is -0.208 e. The zero-order valence-corrected chi connectivity index (χ0v) is 13.2. The van der Waals surface area contributed by atoms with Crippen LogP contribution in [0.2, 0.25) is 0 Å². The summed E-state index contributed by atoms with van der Waals surface area (Å²) in [7, 11) is -3.39. The number of aryl methyl sites for hydroxylation is 2. The lowest BCUT2D eigenvalue weighted by atomic mass is 10.1. The van der Waals surface area contributed by atoms with E-state index < -0.39 is 10.0 Å². The minimum atomic E-state index is -3.39. The molecule has 0 bridgehead atoms. The van der Waals surface area contributed by atoms with Crippen molar-refractivity contribution in [2.24, 2.45) is 0 Å². The van der Waals surface area contributed by atoms with E-state index in [9.17, 15) is 8.42 Å². The van der Waals surface area contributed by atoms with Crippen molar-refractivity contribution in [3.63, 3.8) is 0 Å². The maximum Gasteiger partial charge on any atom is 0.240 e. The molecule has 0 spiro atoms. The topological polar surface area (TPSA) is 46.2 Å². The summed E-state index contributed by atoms with van der Waals surface area (Å²) in [5, 5.41) is 0. The van der Waals surface area contributed by atoms with Crippen molar-refractivity contribution in [2.75, 3.05) is 0 Å².